The number of benzene rings is 1. The Kier molecular flexibility index (Phi) is 4.95. The van der Waals surface area contributed by atoms with Gasteiger partial charge < -0.3 is 14.8 Å². The van der Waals surface area contributed by atoms with Crippen LogP contribution >= 0.6 is 11.6 Å². The molecule has 0 spiro atoms. The SMILES string of the molecule is CCCCOc1cc(B(O)O)ccc1Cl. The van der Waals surface area contributed by atoms with Gasteiger partial charge in [0.2, 0.25) is 0 Å². The molecule has 0 atom stereocenters. The molecule has 1 rings (SSSR count). The van der Waals surface area contributed by atoms with E-state index in [4.69, 9.17) is 26.4 Å². The standard InChI is InChI=1S/C10H14BClO3/c1-2-3-6-15-10-7-8(11(13)14)4-5-9(10)12/h4-5,7,13-14H,2-3,6H2,1H3. The van der Waals surface area contributed by atoms with Gasteiger partial charge in [-0.2, -0.15) is 0 Å². The number of hydrogen-bond donors (Lipinski definition) is 2. The van der Waals surface area contributed by atoms with Crippen molar-refractivity contribution in [3.05, 3.63) is 23.2 Å². The first-order valence-electron chi connectivity index (χ1n) is 4.93. The smallest absolute Gasteiger partial charge is 0.488 e. The van der Waals surface area contributed by atoms with E-state index in [-0.39, 0.29) is 0 Å². The third kappa shape index (κ3) is 3.74. The Morgan fingerprint density at radius 2 is 2.13 bits per heavy atom. The maximum atomic E-state index is 8.97. The van der Waals surface area contributed by atoms with Crippen molar-refractivity contribution >= 4 is 24.2 Å². The zero-order chi connectivity index (χ0) is 11.3. The van der Waals surface area contributed by atoms with E-state index in [9.17, 15) is 0 Å². The first-order valence-corrected chi connectivity index (χ1v) is 5.31. The second-order valence-electron chi connectivity index (χ2n) is 3.27. The van der Waals surface area contributed by atoms with Crippen molar-refractivity contribution in [3.63, 3.8) is 0 Å². The Balaban J connectivity index is 2.72. The summed E-state index contributed by atoms with van der Waals surface area (Å²) in [4.78, 5) is 0. The largest absolute Gasteiger partial charge is 0.492 e. The van der Waals surface area contributed by atoms with Crippen LogP contribution < -0.4 is 10.2 Å². The van der Waals surface area contributed by atoms with Gasteiger partial charge in [0, 0.05) is 0 Å². The highest BCUT2D eigenvalue weighted by atomic mass is 35.5. The number of halogens is 1. The quantitative estimate of drug-likeness (QED) is 0.588. The molecule has 0 unspecified atom stereocenters. The predicted molar refractivity (Wildman–Crippen MR) is 61.7 cm³/mol. The molecule has 0 fully saturated rings. The minimum atomic E-state index is -1.49. The van der Waals surface area contributed by atoms with Crippen molar-refractivity contribution < 1.29 is 14.8 Å². The van der Waals surface area contributed by atoms with Crippen LogP contribution in [0.4, 0.5) is 0 Å². The molecule has 0 aliphatic carbocycles. The van der Waals surface area contributed by atoms with Gasteiger partial charge >= 0.3 is 7.12 Å². The summed E-state index contributed by atoms with van der Waals surface area (Å²) in [6.07, 6.45) is 1.99. The first kappa shape index (κ1) is 12.4. The van der Waals surface area contributed by atoms with E-state index in [0.29, 0.717) is 22.8 Å². The van der Waals surface area contributed by atoms with Gasteiger partial charge in [-0.3, -0.25) is 0 Å². The maximum Gasteiger partial charge on any atom is 0.488 e. The van der Waals surface area contributed by atoms with Gasteiger partial charge in [-0.1, -0.05) is 31.0 Å². The summed E-state index contributed by atoms with van der Waals surface area (Å²) in [7, 11) is -1.49. The molecule has 0 saturated carbocycles. The molecule has 0 saturated heterocycles. The summed E-state index contributed by atoms with van der Waals surface area (Å²) < 4.78 is 5.41. The molecule has 1 aromatic rings. The Labute approximate surface area is 94.8 Å². The molecule has 5 heteroatoms. The molecule has 0 bridgehead atoms. The predicted octanol–water partition coefficient (Wildman–Crippen LogP) is 1.20. The lowest BCUT2D eigenvalue weighted by molar-refractivity contribution is 0.309. The zero-order valence-electron chi connectivity index (χ0n) is 8.61. The average molecular weight is 228 g/mol. The molecular formula is C10H14BClO3. The number of hydrogen-bond acceptors (Lipinski definition) is 3. The van der Waals surface area contributed by atoms with Gasteiger partial charge in [-0.15, -0.1) is 0 Å². The monoisotopic (exact) mass is 228 g/mol. The van der Waals surface area contributed by atoms with Crippen molar-refractivity contribution in [1.29, 1.82) is 0 Å². The number of rotatable bonds is 5. The Morgan fingerprint density at radius 3 is 2.73 bits per heavy atom. The van der Waals surface area contributed by atoms with Crippen LogP contribution in [0, 0.1) is 0 Å². The molecular weight excluding hydrogens is 214 g/mol. The van der Waals surface area contributed by atoms with Crippen LogP contribution in [0.15, 0.2) is 18.2 Å². The van der Waals surface area contributed by atoms with Gasteiger partial charge in [0.1, 0.15) is 5.75 Å². The van der Waals surface area contributed by atoms with Crippen LogP contribution in [-0.4, -0.2) is 23.8 Å². The van der Waals surface area contributed by atoms with E-state index in [1.165, 1.54) is 0 Å². The Morgan fingerprint density at radius 1 is 1.40 bits per heavy atom. The van der Waals surface area contributed by atoms with Crippen LogP contribution in [-0.2, 0) is 0 Å². The summed E-state index contributed by atoms with van der Waals surface area (Å²) in [5, 5.41) is 18.4. The van der Waals surface area contributed by atoms with E-state index >= 15 is 0 Å². The average Bonchev–Trinajstić information content (AvgIpc) is 2.20. The summed E-state index contributed by atoms with van der Waals surface area (Å²) in [5.74, 6) is 0.496. The van der Waals surface area contributed by atoms with Gasteiger partial charge in [0.15, 0.2) is 0 Å². The fourth-order valence-electron chi connectivity index (χ4n) is 1.12. The van der Waals surface area contributed by atoms with Crippen molar-refractivity contribution in [3.8, 4) is 5.75 Å². The molecule has 0 radical (unpaired) electrons. The highest BCUT2D eigenvalue weighted by molar-refractivity contribution is 6.58. The van der Waals surface area contributed by atoms with Gasteiger partial charge in [-0.05, 0) is 24.0 Å². The van der Waals surface area contributed by atoms with E-state index in [1.807, 2.05) is 0 Å². The lowest BCUT2D eigenvalue weighted by Gasteiger charge is -2.09. The summed E-state index contributed by atoms with van der Waals surface area (Å²) >= 11 is 5.89. The summed E-state index contributed by atoms with van der Waals surface area (Å²) in [5.41, 5.74) is 0.380. The van der Waals surface area contributed by atoms with Crippen molar-refractivity contribution in [2.45, 2.75) is 19.8 Å². The molecule has 0 aliphatic heterocycles. The lowest BCUT2D eigenvalue weighted by Crippen LogP contribution is -2.29. The molecule has 0 heterocycles. The van der Waals surface area contributed by atoms with Crippen LogP contribution in [0.25, 0.3) is 0 Å². The fraction of sp³-hybridized carbons (Fsp3) is 0.400. The molecule has 3 nitrogen and oxygen atoms in total. The second kappa shape index (κ2) is 6.00. The molecule has 0 aliphatic rings. The lowest BCUT2D eigenvalue weighted by atomic mass is 9.80. The zero-order valence-corrected chi connectivity index (χ0v) is 9.37. The topological polar surface area (TPSA) is 49.7 Å². The van der Waals surface area contributed by atoms with Crippen molar-refractivity contribution in [2.75, 3.05) is 6.61 Å². The highest BCUT2D eigenvalue weighted by Gasteiger charge is 2.13. The molecule has 0 aromatic heterocycles. The first-order chi connectivity index (χ1) is 7.15. The van der Waals surface area contributed by atoms with Crippen LogP contribution in [0.3, 0.4) is 0 Å². The molecule has 15 heavy (non-hydrogen) atoms. The van der Waals surface area contributed by atoms with Gasteiger partial charge in [-0.25, -0.2) is 0 Å². The third-order valence-corrected chi connectivity index (χ3v) is 2.32. The van der Waals surface area contributed by atoms with Crippen LogP contribution in [0.5, 0.6) is 5.75 Å². The van der Waals surface area contributed by atoms with Gasteiger partial charge in [0.25, 0.3) is 0 Å². The maximum absolute atomic E-state index is 8.97. The Bertz CT molecular complexity index is 318. The van der Waals surface area contributed by atoms with E-state index < -0.39 is 7.12 Å². The minimum absolute atomic E-state index is 0.380. The van der Waals surface area contributed by atoms with Gasteiger partial charge in [0.05, 0.1) is 11.6 Å². The Hall–Kier alpha value is -0.705. The van der Waals surface area contributed by atoms with E-state index in [1.54, 1.807) is 18.2 Å². The molecule has 82 valence electrons. The fourth-order valence-corrected chi connectivity index (χ4v) is 1.29. The number of unbranched alkanes of at least 4 members (excludes halogenated alkanes) is 1. The summed E-state index contributed by atoms with van der Waals surface area (Å²) in [6, 6.07) is 4.69. The van der Waals surface area contributed by atoms with Crippen LogP contribution in [0.1, 0.15) is 19.8 Å². The highest BCUT2D eigenvalue weighted by Crippen LogP contribution is 2.22. The molecule has 2 N–H and O–H groups in total. The van der Waals surface area contributed by atoms with E-state index in [2.05, 4.69) is 6.92 Å². The molecule has 0 amide bonds. The molecule has 1 aromatic carbocycles. The third-order valence-electron chi connectivity index (χ3n) is 2.01. The summed E-state index contributed by atoms with van der Waals surface area (Å²) in [6.45, 7) is 2.65. The van der Waals surface area contributed by atoms with E-state index in [0.717, 1.165) is 12.8 Å². The minimum Gasteiger partial charge on any atom is -0.492 e. The second-order valence-corrected chi connectivity index (χ2v) is 3.67. The van der Waals surface area contributed by atoms with Crippen molar-refractivity contribution in [2.24, 2.45) is 0 Å². The normalized spacial score (nSPS) is 10.1. The van der Waals surface area contributed by atoms with Crippen molar-refractivity contribution in [1.82, 2.24) is 0 Å². The number of ether oxygens (including phenoxy) is 1. The van der Waals surface area contributed by atoms with Crippen LogP contribution in [0.2, 0.25) is 5.02 Å².